The van der Waals surface area contributed by atoms with Crippen molar-refractivity contribution in [2.75, 3.05) is 32.1 Å². The maximum absolute atomic E-state index is 5.51. The van der Waals surface area contributed by atoms with Crippen LogP contribution in [0.4, 0.5) is 0 Å². The van der Waals surface area contributed by atoms with Crippen LogP contribution in [0.2, 0.25) is 0 Å². The molecule has 0 amide bonds. The highest BCUT2D eigenvalue weighted by Crippen LogP contribution is 2.12. The number of hydrogen-bond acceptors (Lipinski definition) is 6. The summed E-state index contributed by atoms with van der Waals surface area (Å²) >= 11 is 1.65. The van der Waals surface area contributed by atoms with E-state index in [0.29, 0.717) is 0 Å². The number of rotatable bonds is 12. The van der Waals surface area contributed by atoms with Crippen LogP contribution in [-0.4, -0.2) is 52.3 Å². The number of tetrazole rings is 1. The Labute approximate surface area is 119 Å². The van der Waals surface area contributed by atoms with Gasteiger partial charge in [0.2, 0.25) is 5.16 Å². The van der Waals surface area contributed by atoms with Crippen molar-refractivity contribution in [2.24, 2.45) is 0 Å². The van der Waals surface area contributed by atoms with Gasteiger partial charge >= 0.3 is 0 Å². The van der Waals surface area contributed by atoms with Crippen LogP contribution in [-0.2, 0) is 11.3 Å². The van der Waals surface area contributed by atoms with Gasteiger partial charge in [-0.05, 0) is 29.8 Å². The van der Waals surface area contributed by atoms with E-state index in [1.54, 1.807) is 11.8 Å². The Bertz CT molecular complexity index is 321. The molecule has 0 unspecified atom stereocenters. The molecule has 0 saturated heterocycles. The molecule has 1 N–H and O–H groups in total. The molecule has 7 heteroatoms. The predicted octanol–water partition coefficient (Wildman–Crippen LogP) is 1.58. The van der Waals surface area contributed by atoms with Gasteiger partial charge in [-0.15, -0.1) is 5.10 Å². The highest BCUT2D eigenvalue weighted by molar-refractivity contribution is 7.99. The maximum atomic E-state index is 5.51. The van der Waals surface area contributed by atoms with Crippen molar-refractivity contribution in [3.63, 3.8) is 0 Å². The summed E-state index contributed by atoms with van der Waals surface area (Å²) < 4.78 is 7.36. The van der Waals surface area contributed by atoms with Crippen molar-refractivity contribution >= 4 is 11.8 Å². The fourth-order valence-electron chi connectivity index (χ4n) is 1.47. The minimum absolute atomic E-state index is 0.756. The lowest BCUT2D eigenvalue weighted by Crippen LogP contribution is -2.21. The zero-order valence-corrected chi connectivity index (χ0v) is 12.8. The molecule has 0 saturated carbocycles. The van der Waals surface area contributed by atoms with E-state index in [0.717, 1.165) is 56.6 Å². The molecule has 0 aliphatic carbocycles. The summed E-state index contributed by atoms with van der Waals surface area (Å²) in [6.07, 6.45) is 3.45. The number of nitrogens with zero attached hydrogens (tertiary/aromatic N) is 4. The van der Waals surface area contributed by atoms with Crippen LogP contribution in [0.25, 0.3) is 0 Å². The number of thioether (sulfide) groups is 1. The average molecular weight is 287 g/mol. The first-order valence-electron chi connectivity index (χ1n) is 7.05. The third-order valence-corrected chi connectivity index (χ3v) is 3.45. The molecule has 6 nitrogen and oxygen atoms in total. The monoisotopic (exact) mass is 287 g/mol. The number of aromatic nitrogens is 4. The molecule has 1 aromatic heterocycles. The summed E-state index contributed by atoms with van der Waals surface area (Å²) in [7, 11) is 0. The molecule has 0 radical (unpaired) electrons. The van der Waals surface area contributed by atoms with Crippen molar-refractivity contribution in [1.29, 1.82) is 0 Å². The minimum atomic E-state index is 0.756. The quantitative estimate of drug-likeness (QED) is 0.465. The third-order valence-electron chi connectivity index (χ3n) is 2.53. The van der Waals surface area contributed by atoms with Gasteiger partial charge < -0.3 is 10.1 Å². The number of ether oxygens (including phenoxy) is 1. The Kier molecular flexibility index (Phi) is 9.66. The minimum Gasteiger partial charge on any atom is -0.381 e. The predicted molar refractivity (Wildman–Crippen MR) is 77.4 cm³/mol. The molecule has 0 atom stereocenters. The summed E-state index contributed by atoms with van der Waals surface area (Å²) in [5.41, 5.74) is 0. The first-order chi connectivity index (χ1) is 9.38. The highest BCUT2D eigenvalue weighted by atomic mass is 32.2. The zero-order valence-electron chi connectivity index (χ0n) is 12.0. The van der Waals surface area contributed by atoms with Crippen molar-refractivity contribution in [2.45, 2.75) is 44.8 Å². The molecule has 0 spiro atoms. The van der Waals surface area contributed by atoms with Crippen molar-refractivity contribution in [3.05, 3.63) is 0 Å². The van der Waals surface area contributed by atoms with Gasteiger partial charge in [0, 0.05) is 18.9 Å². The van der Waals surface area contributed by atoms with E-state index in [2.05, 4.69) is 34.7 Å². The molecular formula is C12H25N5OS. The summed E-state index contributed by atoms with van der Waals surface area (Å²) in [5.74, 6) is 0.895. The zero-order chi connectivity index (χ0) is 13.8. The van der Waals surface area contributed by atoms with Crippen LogP contribution in [0, 0.1) is 0 Å². The fourth-order valence-corrected chi connectivity index (χ4v) is 2.22. The van der Waals surface area contributed by atoms with E-state index in [9.17, 15) is 0 Å². The SMILES string of the molecule is CCCCOCCSc1nnnn1CCNCCC. The first kappa shape index (κ1) is 16.4. The van der Waals surface area contributed by atoms with Gasteiger partial charge in [0.1, 0.15) is 0 Å². The van der Waals surface area contributed by atoms with Gasteiger partial charge in [0.05, 0.1) is 13.2 Å². The van der Waals surface area contributed by atoms with E-state index < -0.39 is 0 Å². The largest absolute Gasteiger partial charge is 0.381 e. The van der Waals surface area contributed by atoms with Crippen LogP contribution in [0.15, 0.2) is 5.16 Å². The second kappa shape index (κ2) is 11.2. The Balaban J connectivity index is 2.13. The van der Waals surface area contributed by atoms with Crippen LogP contribution in [0.1, 0.15) is 33.1 Å². The van der Waals surface area contributed by atoms with Crippen LogP contribution in [0.5, 0.6) is 0 Å². The standard InChI is InChI=1S/C12H25N5OS/c1-3-5-9-18-10-11-19-12-14-15-16-17(12)8-7-13-6-4-2/h13H,3-11H2,1-2H3. The van der Waals surface area contributed by atoms with E-state index in [1.807, 2.05) is 4.68 Å². The molecule has 1 aromatic rings. The topological polar surface area (TPSA) is 64.9 Å². The normalized spacial score (nSPS) is 11.1. The molecule has 0 aliphatic heterocycles. The molecule has 19 heavy (non-hydrogen) atoms. The summed E-state index contributed by atoms with van der Waals surface area (Å²) in [6, 6.07) is 0. The first-order valence-corrected chi connectivity index (χ1v) is 8.04. The summed E-state index contributed by atoms with van der Waals surface area (Å²) in [6.45, 7) is 8.68. The second-order valence-corrected chi connectivity index (χ2v) is 5.31. The molecule has 0 aromatic carbocycles. The fraction of sp³-hybridized carbons (Fsp3) is 0.917. The van der Waals surface area contributed by atoms with Crippen LogP contribution < -0.4 is 5.32 Å². The molecule has 0 fully saturated rings. The van der Waals surface area contributed by atoms with Gasteiger partial charge in [0.15, 0.2) is 0 Å². The smallest absolute Gasteiger partial charge is 0.209 e. The Hall–Kier alpha value is -0.660. The van der Waals surface area contributed by atoms with Crippen molar-refractivity contribution in [3.8, 4) is 0 Å². The van der Waals surface area contributed by atoms with Gasteiger partial charge in [-0.1, -0.05) is 32.0 Å². The van der Waals surface area contributed by atoms with E-state index in [4.69, 9.17) is 4.74 Å². The Morgan fingerprint density at radius 3 is 2.89 bits per heavy atom. The molecule has 110 valence electrons. The van der Waals surface area contributed by atoms with E-state index >= 15 is 0 Å². The molecule has 0 aliphatic rings. The number of unbranched alkanes of at least 4 members (excludes halogenated alkanes) is 1. The highest BCUT2D eigenvalue weighted by Gasteiger charge is 2.05. The molecular weight excluding hydrogens is 262 g/mol. The number of hydrogen-bond donors (Lipinski definition) is 1. The van der Waals surface area contributed by atoms with E-state index in [-0.39, 0.29) is 0 Å². The average Bonchev–Trinajstić information content (AvgIpc) is 2.86. The van der Waals surface area contributed by atoms with Crippen molar-refractivity contribution < 1.29 is 4.74 Å². The van der Waals surface area contributed by atoms with Crippen LogP contribution in [0.3, 0.4) is 0 Å². The number of nitrogens with one attached hydrogen (secondary N) is 1. The summed E-state index contributed by atoms with van der Waals surface area (Å²) in [5, 5.41) is 16.0. The van der Waals surface area contributed by atoms with E-state index in [1.165, 1.54) is 6.42 Å². The van der Waals surface area contributed by atoms with Gasteiger partial charge in [-0.3, -0.25) is 0 Å². The Morgan fingerprint density at radius 2 is 2.11 bits per heavy atom. The second-order valence-electron chi connectivity index (χ2n) is 4.25. The Morgan fingerprint density at radius 1 is 1.21 bits per heavy atom. The van der Waals surface area contributed by atoms with Gasteiger partial charge in [-0.2, -0.15) is 0 Å². The lowest BCUT2D eigenvalue weighted by atomic mass is 10.4. The molecule has 1 rings (SSSR count). The van der Waals surface area contributed by atoms with Crippen LogP contribution >= 0.6 is 11.8 Å². The molecule has 1 heterocycles. The lowest BCUT2D eigenvalue weighted by molar-refractivity contribution is 0.147. The van der Waals surface area contributed by atoms with Crippen molar-refractivity contribution in [1.82, 2.24) is 25.5 Å². The maximum Gasteiger partial charge on any atom is 0.209 e. The molecule has 0 bridgehead atoms. The third kappa shape index (κ3) is 7.49. The van der Waals surface area contributed by atoms with Gasteiger partial charge in [0.25, 0.3) is 0 Å². The summed E-state index contributed by atoms with van der Waals surface area (Å²) in [4.78, 5) is 0. The lowest BCUT2D eigenvalue weighted by Gasteiger charge is -2.05. The van der Waals surface area contributed by atoms with Gasteiger partial charge in [-0.25, -0.2) is 4.68 Å².